The minimum absolute atomic E-state index is 0.0173. The van der Waals surface area contributed by atoms with Crippen molar-refractivity contribution in [3.05, 3.63) is 58.1 Å². The van der Waals surface area contributed by atoms with Crippen molar-refractivity contribution in [2.45, 2.75) is 26.2 Å². The SMILES string of the molecule is Cc1ccc(CC2=NNC(=O)CC2)cc1Oc1cccc(Br)c1. The molecule has 0 aliphatic carbocycles. The van der Waals surface area contributed by atoms with E-state index in [2.05, 4.69) is 32.5 Å². The summed E-state index contributed by atoms with van der Waals surface area (Å²) in [6.45, 7) is 2.02. The lowest BCUT2D eigenvalue weighted by atomic mass is 10.0. The molecule has 2 aromatic rings. The number of ether oxygens (including phenoxy) is 1. The molecule has 0 spiro atoms. The summed E-state index contributed by atoms with van der Waals surface area (Å²) in [6, 6.07) is 13.9. The first-order valence-electron chi connectivity index (χ1n) is 7.47. The van der Waals surface area contributed by atoms with Crippen LogP contribution in [0, 0.1) is 6.92 Å². The lowest BCUT2D eigenvalue weighted by Crippen LogP contribution is -2.26. The average Bonchev–Trinajstić information content (AvgIpc) is 2.53. The molecule has 1 N–H and O–H groups in total. The van der Waals surface area contributed by atoms with Gasteiger partial charge < -0.3 is 4.74 Å². The van der Waals surface area contributed by atoms with E-state index in [1.165, 1.54) is 0 Å². The number of hydrogen-bond donors (Lipinski definition) is 1. The molecule has 0 fully saturated rings. The fourth-order valence-corrected chi connectivity index (χ4v) is 2.77. The Morgan fingerprint density at radius 1 is 1.22 bits per heavy atom. The monoisotopic (exact) mass is 372 g/mol. The third-order valence-electron chi connectivity index (χ3n) is 3.66. The fourth-order valence-electron chi connectivity index (χ4n) is 2.40. The molecule has 0 aromatic heterocycles. The Morgan fingerprint density at radius 2 is 2.09 bits per heavy atom. The maximum absolute atomic E-state index is 11.1. The first-order chi connectivity index (χ1) is 11.1. The van der Waals surface area contributed by atoms with E-state index >= 15 is 0 Å². The van der Waals surface area contributed by atoms with Crippen molar-refractivity contribution in [2.75, 3.05) is 0 Å². The van der Waals surface area contributed by atoms with E-state index in [4.69, 9.17) is 4.74 Å². The number of nitrogens with zero attached hydrogens (tertiary/aromatic N) is 1. The number of carbonyl (C=O) groups excluding carboxylic acids is 1. The molecule has 2 aromatic carbocycles. The molecule has 1 heterocycles. The van der Waals surface area contributed by atoms with E-state index in [1.807, 2.05) is 43.3 Å². The lowest BCUT2D eigenvalue weighted by molar-refractivity contribution is -0.121. The second-order valence-electron chi connectivity index (χ2n) is 5.55. The van der Waals surface area contributed by atoms with Gasteiger partial charge in [0.05, 0.1) is 0 Å². The predicted molar refractivity (Wildman–Crippen MR) is 93.9 cm³/mol. The van der Waals surface area contributed by atoms with Crippen LogP contribution in [0.4, 0.5) is 0 Å². The van der Waals surface area contributed by atoms with Gasteiger partial charge in [-0.25, -0.2) is 5.43 Å². The molecule has 0 atom stereocenters. The van der Waals surface area contributed by atoms with Crippen LogP contribution in [0.2, 0.25) is 0 Å². The van der Waals surface area contributed by atoms with E-state index in [1.54, 1.807) is 0 Å². The van der Waals surface area contributed by atoms with Crippen LogP contribution in [0.5, 0.6) is 11.5 Å². The van der Waals surface area contributed by atoms with Gasteiger partial charge in [0.2, 0.25) is 5.91 Å². The van der Waals surface area contributed by atoms with Gasteiger partial charge in [-0.1, -0.05) is 34.1 Å². The Bertz CT molecular complexity index is 771. The largest absolute Gasteiger partial charge is 0.457 e. The lowest BCUT2D eigenvalue weighted by Gasteiger charge is -2.14. The molecule has 1 amide bonds. The van der Waals surface area contributed by atoms with Crippen LogP contribution in [0.1, 0.15) is 24.0 Å². The molecule has 3 rings (SSSR count). The van der Waals surface area contributed by atoms with Crippen molar-refractivity contribution in [2.24, 2.45) is 5.10 Å². The van der Waals surface area contributed by atoms with Gasteiger partial charge in [0, 0.05) is 23.0 Å². The zero-order valence-electron chi connectivity index (χ0n) is 12.8. The number of hydrazone groups is 1. The summed E-state index contributed by atoms with van der Waals surface area (Å²) >= 11 is 3.45. The van der Waals surface area contributed by atoms with Crippen LogP contribution in [-0.4, -0.2) is 11.6 Å². The first-order valence-corrected chi connectivity index (χ1v) is 8.27. The Hall–Kier alpha value is -2.14. The van der Waals surface area contributed by atoms with Gasteiger partial charge in [-0.2, -0.15) is 5.10 Å². The normalized spacial score (nSPS) is 14.2. The molecule has 1 aliphatic heterocycles. The Labute approximate surface area is 143 Å². The summed E-state index contributed by atoms with van der Waals surface area (Å²) in [5, 5.41) is 4.12. The summed E-state index contributed by atoms with van der Waals surface area (Å²) in [6.07, 6.45) is 1.93. The molecule has 0 saturated carbocycles. The second-order valence-corrected chi connectivity index (χ2v) is 6.46. The van der Waals surface area contributed by atoms with Crippen LogP contribution in [-0.2, 0) is 11.2 Å². The molecule has 5 heteroatoms. The van der Waals surface area contributed by atoms with Crippen molar-refractivity contribution in [1.82, 2.24) is 5.43 Å². The third kappa shape index (κ3) is 4.20. The average molecular weight is 373 g/mol. The van der Waals surface area contributed by atoms with Crippen LogP contribution in [0.25, 0.3) is 0 Å². The number of rotatable bonds is 4. The highest BCUT2D eigenvalue weighted by molar-refractivity contribution is 9.10. The van der Waals surface area contributed by atoms with E-state index in [9.17, 15) is 4.79 Å². The van der Waals surface area contributed by atoms with Gasteiger partial charge in [-0.3, -0.25) is 4.79 Å². The highest BCUT2D eigenvalue weighted by atomic mass is 79.9. The number of nitrogens with one attached hydrogen (secondary N) is 1. The summed E-state index contributed by atoms with van der Waals surface area (Å²) in [4.78, 5) is 11.1. The smallest absolute Gasteiger partial charge is 0.240 e. The summed E-state index contributed by atoms with van der Waals surface area (Å²) in [5.74, 6) is 1.61. The van der Waals surface area contributed by atoms with Crippen molar-refractivity contribution in [3.63, 3.8) is 0 Å². The number of hydrogen-bond acceptors (Lipinski definition) is 3. The zero-order chi connectivity index (χ0) is 16.2. The number of halogens is 1. The van der Waals surface area contributed by atoms with Crippen molar-refractivity contribution < 1.29 is 9.53 Å². The topological polar surface area (TPSA) is 50.7 Å². The summed E-state index contributed by atoms with van der Waals surface area (Å²) in [5.41, 5.74) is 5.72. The standard InChI is InChI=1S/C18H17BrN2O2/c1-12-5-6-13(9-15-7-8-18(22)21-20-15)10-17(12)23-16-4-2-3-14(19)11-16/h2-6,10-11H,7-9H2,1H3,(H,21,22). The molecule has 0 radical (unpaired) electrons. The van der Waals surface area contributed by atoms with Gasteiger partial charge in [-0.05, 0) is 48.7 Å². The van der Waals surface area contributed by atoms with Gasteiger partial charge >= 0.3 is 0 Å². The fraction of sp³-hybridized carbons (Fsp3) is 0.222. The van der Waals surface area contributed by atoms with Gasteiger partial charge in [0.25, 0.3) is 0 Å². The van der Waals surface area contributed by atoms with E-state index < -0.39 is 0 Å². The molecule has 0 unspecified atom stereocenters. The Morgan fingerprint density at radius 3 is 2.83 bits per heavy atom. The Kier molecular flexibility index (Phi) is 4.76. The summed E-state index contributed by atoms with van der Waals surface area (Å²) < 4.78 is 6.98. The number of amides is 1. The summed E-state index contributed by atoms with van der Waals surface area (Å²) in [7, 11) is 0. The van der Waals surface area contributed by atoms with Crippen LogP contribution >= 0.6 is 15.9 Å². The van der Waals surface area contributed by atoms with Crippen molar-refractivity contribution in [3.8, 4) is 11.5 Å². The minimum Gasteiger partial charge on any atom is -0.457 e. The molecule has 0 saturated heterocycles. The molecule has 23 heavy (non-hydrogen) atoms. The molecule has 118 valence electrons. The van der Waals surface area contributed by atoms with E-state index in [-0.39, 0.29) is 5.91 Å². The van der Waals surface area contributed by atoms with Gasteiger partial charge in [0.15, 0.2) is 0 Å². The third-order valence-corrected chi connectivity index (χ3v) is 4.16. The van der Waals surface area contributed by atoms with Crippen LogP contribution in [0.3, 0.4) is 0 Å². The second kappa shape index (κ2) is 6.96. The van der Waals surface area contributed by atoms with Crippen LogP contribution < -0.4 is 10.2 Å². The molecular weight excluding hydrogens is 356 g/mol. The quantitative estimate of drug-likeness (QED) is 0.866. The molecule has 4 nitrogen and oxygen atoms in total. The van der Waals surface area contributed by atoms with E-state index in [0.717, 1.165) is 39.2 Å². The predicted octanol–water partition coefficient (Wildman–Crippen LogP) is 4.36. The zero-order valence-corrected chi connectivity index (χ0v) is 14.4. The molecule has 1 aliphatic rings. The number of carbonyl (C=O) groups is 1. The van der Waals surface area contributed by atoms with Crippen molar-refractivity contribution >= 4 is 27.5 Å². The highest BCUT2D eigenvalue weighted by Crippen LogP contribution is 2.28. The van der Waals surface area contributed by atoms with Crippen molar-refractivity contribution in [1.29, 1.82) is 0 Å². The maximum Gasteiger partial charge on any atom is 0.240 e. The Balaban J connectivity index is 1.77. The molecule has 0 bridgehead atoms. The van der Waals surface area contributed by atoms with Gasteiger partial charge in [0.1, 0.15) is 11.5 Å². The minimum atomic E-state index is -0.0173. The number of benzene rings is 2. The molecular formula is C18H17BrN2O2. The maximum atomic E-state index is 11.1. The highest BCUT2D eigenvalue weighted by Gasteiger charge is 2.13. The first kappa shape index (κ1) is 15.7. The van der Waals surface area contributed by atoms with E-state index in [0.29, 0.717) is 12.8 Å². The number of aryl methyl sites for hydroxylation is 1. The van der Waals surface area contributed by atoms with Gasteiger partial charge in [-0.15, -0.1) is 0 Å². The van der Waals surface area contributed by atoms with Crippen LogP contribution in [0.15, 0.2) is 52.0 Å².